The maximum atomic E-state index is 12.7. The first-order valence-electron chi connectivity index (χ1n) is 8.04. The van der Waals surface area contributed by atoms with Crippen LogP contribution in [0.2, 0.25) is 0 Å². The summed E-state index contributed by atoms with van der Waals surface area (Å²) in [4.78, 5) is 28.5. The van der Waals surface area contributed by atoms with Gasteiger partial charge in [0.05, 0.1) is 0 Å². The van der Waals surface area contributed by atoms with Gasteiger partial charge in [-0.1, -0.05) is 13.8 Å². The lowest BCUT2D eigenvalue weighted by atomic mass is 10.1. The third-order valence-electron chi connectivity index (χ3n) is 4.21. The summed E-state index contributed by atoms with van der Waals surface area (Å²) in [5.74, 6) is 1.41. The molecule has 1 aromatic carbocycles. The molecule has 2 aliphatic heterocycles. The van der Waals surface area contributed by atoms with E-state index in [4.69, 9.17) is 9.47 Å². The predicted octanol–water partition coefficient (Wildman–Crippen LogP) is 1.75. The largest absolute Gasteiger partial charge is 0.454 e. The van der Waals surface area contributed by atoms with Gasteiger partial charge in [0, 0.05) is 37.7 Å². The molecule has 0 bridgehead atoms. The van der Waals surface area contributed by atoms with Crippen molar-refractivity contribution in [3.63, 3.8) is 0 Å². The molecule has 0 unspecified atom stereocenters. The van der Waals surface area contributed by atoms with Gasteiger partial charge in [-0.2, -0.15) is 0 Å². The maximum Gasteiger partial charge on any atom is 0.254 e. The van der Waals surface area contributed by atoms with Crippen molar-refractivity contribution < 1.29 is 19.1 Å². The van der Waals surface area contributed by atoms with Crippen LogP contribution >= 0.6 is 0 Å². The topological polar surface area (TPSA) is 59.1 Å². The Labute approximate surface area is 136 Å². The average Bonchev–Trinajstić information content (AvgIpc) is 2.88. The lowest BCUT2D eigenvalue weighted by Crippen LogP contribution is -2.38. The molecule has 1 saturated heterocycles. The summed E-state index contributed by atoms with van der Waals surface area (Å²) < 4.78 is 10.6. The summed E-state index contributed by atoms with van der Waals surface area (Å²) in [7, 11) is 0. The number of fused-ring (bicyclic) bond motifs is 1. The normalized spacial score (nSPS) is 17.3. The smallest absolute Gasteiger partial charge is 0.254 e. The van der Waals surface area contributed by atoms with Crippen LogP contribution in [0.4, 0.5) is 0 Å². The SMILES string of the molecule is CC(C)C(=O)N1CCCN(C(=O)c2ccc3c(c2)OCO3)CC1. The Morgan fingerprint density at radius 2 is 1.70 bits per heavy atom. The number of benzene rings is 1. The third-order valence-corrected chi connectivity index (χ3v) is 4.21. The van der Waals surface area contributed by atoms with Gasteiger partial charge in [0.25, 0.3) is 5.91 Å². The minimum atomic E-state index is -0.0258. The standard InChI is InChI=1S/C17H22N2O4/c1-12(2)16(20)18-6-3-7-19(9-8-18)17(21)13-4-5-14-15(10-13)23-11-22-14/h4-5,10,12H,3,6-9,11H2,1-2H3. The number of hydrogen-bond acceptors (Lipinski definition) is 4. The van der Waals surface area contributed by atoms with E-state index in [9.17, 15) is 9.59 Å². The fourth-order valence-corrected chi connectivity index (χ4v) is 2.92. The average molecular weight is 318 g/mol. The van der Waals surface area contributed by atoms with E-state index in [-0.39, 0.29) is 24.5 Å². The second-order valence-corrected chi connectivity index (χ2v) is 6.19. The maximum absolute atomic E-state index is 12.7. The lowest BCUT2D eigenvalue weighted by molar-refractivity contribution is -0.134. The van der Waals surface area contributed by atoms with Gasteiger partial charge in [-0.25, -0.2) is 0 Å². The highest BCUT2D eigenvalue weighted by Gasteiger charge is 2.25. The van der Waals surface area contributed by atoms with Crippen LogP contribution in [0.15, 0.2) is 18.2 Å². The summed E-state index contributed by atoms with van der Waals surface area (Å²) in [6.07, 6.45) is 0.800. The Morgan fingerprint density at radius 3 is 2.48 bits per heavy atom. The molecular weight excluding hydrogens is 296 g/mol. The number of hydrogen-bond donors (Lipinski definition) is 0. The highest BCUT2D eigenvalue weighted by atomic mass is 16.7. The second-order valence-electron chi connectivity index (χ2n) is 6.19. The molecule has 2 aliphatic rings. The van der Waals surface area contributed by atoms with E-state index in [1.807, 2.05) is 23.6 Å². The Morgan fingerprint density at radius 1 is 1.00 bits per heavy atom. The molecule has 0 aliphatic carbocycles. The third kappa shape index (κ3) is 3.25. The van der Waals surface area contributed by atoms with Gasteiger partial charge in [-0.3, -0.25) is 9.59 Å². The van der Waals surface area contributed by atoms with Crippen LogP contribution in [0.5, 0.6) is 11.5 Å². The molecule has 6 nitrogen and oxygen atoms in total. The predicted molar refractivity (Wildman–Crippen MR) is 84.5 cm³/mol. The number of nitrogens with zero attached hydrogens (tertiary/aromatic N) is 2. The van der Waals surface area contributed by atoms with Crippen molar-refractivity contribution in [3.8, 4) is 11.5 Å². The van der Waals surface area contributed by atoms with Gasteiger partial charge in [-0.05, 0) is 24.6 Å². The monoisotopic (exact) mass is 318 g/mol. The van der Waals surface area contributed by atoms with Crippen molar-refractivity contribution in [2.24, 2.45) is 5.92 Å². The fraction of sp³-hybridized carbons (Fsp3) is 0.529. The minimum Gasteiger partial charge on any atom is -0.454 e. The highest BCUT2D eigenvalue weighted by molar-refractivity contribution is 5.95. The number of carbonyl (C=O) groups excluding carboxylic acids is 2. The van der Waals surface area contributed by atoms with Gasteiger partial charge in [0.15, 0.2) is 11.5 Å². The molecule has 1 aromatic rings. The fourth-order valence-electron chi connectivity index (χ4n) is 2.92. The van der Waals surface area contributed by atoms with Gasteiger partial charge >= 0.3 is 0 Å². The molecule has 3 rings (SSSR count). The molecule has 124 valence electrons. The summed E-state index contributed by atoms with van der Waals surface area (Å²) in [6, 6.07) is 5.26. The van der Waals surface area contributed by atoms with Crippen molar-refractivity contribution in [1.82, 2.24) is 9.80 Å². The van der Waals surface area contributed by atoms with E-state index in [1.165, 1.54) is 0 Å². The molecule has 6 heteroatoms. The van der Waals surface area contributed by atoms with Crippen molar-refractivity contribution >= 4 is 11.8 Å². The Hall–Kier alpha value is -2.24. The lowest BCUT2D eigenvalue weighted by Gasteiger charge is -2.23. The van der Waals surface area contributed by atoms with Crippen molar-refractivity contribution in [2.45, 2.75) is 20.3 Å². The molecule has 0 radical (unpaired) electrons. The summed E-state index contributed by atoms with van der Waals surface area (Å²) in [5, 5.41) is 0. The summed E-state index contributed by atoms with van der Waals surface area (Å²) in [5.41, 5.74) is 0.595. The van der Waals surface area contributed by atoms with E-state index < -0.39 is 0 Å². The van der Waals surface area contributed by atoms with Gasteiger partial charge in [-0.15, -0.1) is 0 Å². The van der Waals surface area contributed by atoms with Crippen LogP contribution in [0, 0.1) is 5.92 Å². The van der Waals surface area contributed by atoms with Crippen LogP contribution in [0.3, 0.4) is 0 Å². The molecule has 1 fully saturated rings. The molecule has 0 saturated carbocycles. The van der Waals surface area contributed by atoms with E-state index in [1.54, 1.807) is 18.2 Å². The van der Waals surface area contributed by atoms with Gasteiger partial charge in [0.2, 0.25) is 12.7 Å². The van der Waals surface area contributed by atoms with Crippen molar-refractivity contribution in [1.29, 1.82) is 0 Å². The highest BCUT2D eigenvalue weighted by Crippen LogP contribution is 2.32. The van der Waals surface area contributed by atoms with E-state index in [0.717, 1.165) is 6.42 Å². The van der Waals surface area contributed by atoms with Crippen LogP contribution in [-0.4, -0.2) is 54.6 Å². The number of amides is 2. The Kier molecular flexibility index (Phi) is 4.41. The quantitative estimate of drug-likeness (QED) is 0.833. The molecule has 2 heterocycles. The zero-order valence-corrected chi connectivity index (χ0v) is 13.6. The molecule has 23 heavy (non-hydrogen) atoms. The first-order chi connectivity index (χ1) is 11.1. The van der Waals surface area contributed by atoms with Gasteiger partial charge in [0.1, 0.15) is 0 Å². The van der Waals surface area contributed by atoms with Gasteiger partial charge < -0.3 is 19.3 Å². The summed E-state index contributed by atoms with van der Waals surface area (Å²) in [6.45, 7) is 6.53. The first kappa shape index (κ1) is 15.6. The molecule has 0 aromatic heterocycles. The van der Waals surface area contributed by atoms with Crippen LogP contribution < -0.4 is 9.47 Å². The summed E-state index contributed by atoms with van der Waals surface area (Å²) >= 11 is 0. The minimum absolute atomic E-state index is 0.00823. The molecular formula is C17H22N2O4. The van der Waals surface area contributed by atoms with Crippen LogP contribution in [0.25, 0.3) is 0 Å². The molecule has 0 spiro atoms. The second kappa shape index (κ2) is 6.48. The van der Waals surface area contributed by atoms with E-state index >= 15 is 0 Å². The first-order valence-corrected chi connectivity index (χ1v) is 8.04. The van der Waals surface area contributed by atoms with Crippen molar-refractivity contribution in [2.75, 3.05) is 33.0 Å². The molecule has 0 atom stereocenters. The zero-order valence-electron chi connectivity index (χ0n) is 13.6. The van der Waals surface area contributed by atoms with Crippen LogP contribution in [-0.2, 0) is 4.79 Å². The zero-order chi connectivity index (χ0) is 16.4. The molecule has 2 amide bonds. The molecule has 0 N–H and O–H groups in total. The Balaban J connectivity index is 1.67. The van der Waals surface area contributed by atoms with E-state index in [0.29, 0.717) is 43.2 Å². The number of carbonyl (C=O) groups is 2. The Bertz CT molecular complexity index is 615. The van der Waals surface area contributed by atoms with Crippen LogP contribution in [0.1, 0.15) is 30.6 Å². The van der Waals surface area contributed by atoms with Crippen molar-refractivity contribution in [3.05, 3.63) is 23.8 Å². The number of rotatable bonds is 2. The number of ether oxygens (including phenoxy) is 2. The van der Waals surface area contributed by atoms with E-state index in [2.05, 4.69) is 0 Å².